The molecule has 11 nitrogen and oxygen atoms in total. The van der Waals surface area contributed by atoms with Crippen LogP contribution in [0.15, 0.2) is 78.2 Å². The van der Waals surface area contributed by atoms with Gasteiger partial charge >= 0.3 is 0 Å². The number of oxazole rings is 1. The average Bonchev–Trinajstić information content (AvgIpc) is 3.60. The molecule has 5 heterocycles. The van der Waals surface area contributed by atoms with Gasteiger partial charge in [0.15, 0.2) is 29.4 Å². The van der Waals surface area contributed by atoms with Crippen LogP contribution in [-0.2, 0) is 6.42 Å². The Morgan fingerprint density at radius 3 is 2.67 bits per heavy atom. The van der Waals surface area contributed by atoms with Gasteiger partial charge in [0, 0.05) is 23.5 Å². The van der Waals surface area contributed by atoms with Crippen molar-refractivity contribution in [3.8, 4) is 40.0 Å². The second kappa shape index (κ2) is 8.69. The molecule has 172 valence electrons. The molecule has 0 aliphatic carbocycles. The first-order valence-electron chi connectivity index (χ1n) is 10.9. The summed E-state index contributed by atoms with van der Waals surface area (Å²) in [6.45, 7) is 0. The van der Waals surface area contributed by atoms with Gasteiger partial charge in [-0.25, -0.2) is 29.4 Å². The minimum Gasteiger partial charge on any atom is -0.443 e. The van der Waals surface area contributed by atoms with Crippen LogP contribution in [0.2, 0.25) is 0 Å². The number of nitrogens with zero attached hydrogens (tertiary/aromatic N) is 9. The number of benzene rings is 1. The van der Waals surface area contributed by atoms with Crippen LogP contribution in [-0.4, -0.2) is 39.5 Å². The lowest BCUT2D eigenvalue weighted by atomic mass is 10.0. The Labute approximate surface area is 204 Å². The van der Waals surface area contributed by atoms with Gasteiger partial charge in [-0.2, -0.15) is 10.4 Å². The fraction of sp³-hybridized carbons (Fsp3) is 0.0400. The Bertz CT molecular complexity index is 1740. The van der Waals surface area contributed by atoms with E-state index in [1.807, 2.05) is 24.3 Å². The minimum absolute atomic E-state index is 0.172. The predicted octanol–water partition coefficient (Wildman–Crippen LogP) is 3.34. The van der Waals surface area contributed by atoms with Crippen molar-refractivity contribution < 1.29 is 4.42 Å². The van der Waals surface area contributed by atoms with Crippen molar-refractivity contribution in [1.82, 2.24) is 39.5 Å². The molecule has 1 aromatic carbocycles. The second-order valence-corrected chi connectivity index (χ2v) is 7.75. The first-order valence-corrected chi connectivity index (χ1v) is 10.9. The van der Waals surface area contributed by atoms with Gasteiger partial charge in [0.1, 0.15) is 17.7 Å². The van der Waals surface area contributed by atoms with Gasteiger partial charge in [-0.05, 0) is 24.3 Å². The maximum Gasteiger partial charge on any atom is 0.198 e. The van der Waals surface area contributed by atoms with Crippen molar-refractivity contribution >= 4 is 11.5 Å². The Kier molecular flexibility index (Phi) is 5.09. The van der Waals surface area contributed by atoms with E-state index >= 15 is 0 Å². The van der Waals surface area contributed by atoms with Crippen LogP contribution in [0.25, 0.3) is 39.6 Å². The van der Waals surface area contributed by atoms with E-state index in [1.165, 1.54) is 12.7 Å². The van der Waals surface area contributed by atoms with Crippen LogP contribution in [0.4, 0.5) is 5.82 Å². The highest BCUT2D eigenvalue weighted by Gasteiger charge is 2.22. The fourth-order valence-electron chi connectivity index (χ4n) is 4.01. The molecule has 0 bridgehead atoms. The molecular formula is C25H16N10O. The van der Waals surface area contributed by atoms with Gasteiger partial charge in [-0.15, -0.1) is 0 Å². The van der Waals surface area contributed by atoms with Crippen LogP contribution < -0.4 is 5.73 Å². The van der Waals surface area contributed by atoms with E-state index in [9.17, 15) is 5.26 Å². The molecule has 0 aliphatic rings. The Hall–Kier alpha value is -5.50. The molecule has 6 rings (SSSR count). The number of nitrogen functional groups attached to an aromatic ring is 1. The molecule has 0 aliphatic heterocycles. The number of nitriles is 1. The molecule has 0 amide bonds. The highest BCUT2D eigenvalue weighted by atomic mass is 16.3. The zero-order chi connectivity index (χ0) is 24.5. The smallest absolute Gasteiger partial charge is 0.198 e. The molecule has 6 aromatic rings. The summed E-state index contributed by atoms with van der Waals surface area (Å²) in [7, 11) is 0. The number of anilines is 1. The molecule has 0 fully saturated rings. The second-order valence-electron chi connectivity index (χ2n) is 7.75. The lowest BCUT2D eigenvalue weighted by molar-refractivity contribution is 0.571. The van der Waals surface area contributed by atoms with Crippen LogP contribution in [0.3, 0.4) is 0 Å². The molecule has 11 heteroatoms. The minimum atomic E-state index is 0.172. The molecule has 0 spiro atoms. The molecular weight excluding hydrogens is 456 g/mol. The summed E-state index contributed by atoms with van der Waals surface area (Å²) in [6.07, 6.45) is 8.07. The highest BCUT2D eigenvalue weighted by Crippen LogP contribution is 2.33. The molecule has 5 aromatic heterocycles. The van der Waals surface area contributed by atoms with E-state index < -0.39 is 0 Å². The third-order valence-corrected chi connectivity index (χ3v) is 5.59. The lowest BCUT2D eigenvalue weighted by Crippen LogP contribution is -2.06. The predicted molar refractivity (Wildman–Crippen MR) is 129 cm³/mol. The highest BCUT2D eigenvalue weighted by molar-refractivity contribution is 5.83. The third-order valence-electron chi connectivity index (χ3n) is 5.59. The molecule has 0 saturated carbocycles. The van der Waals surface area contributed by atoms with Gasteiger partial charge in [0.05, 0.1) is 35.6 Å². The summed E-state index contributed by atoms with van der Waals surface area (Å²) < 4.78 is 7.08. The van der Waals surface area contributed by atoms with E-state index in [0.717, 1.165) is 11.3 Å². The SMILES string of the molecule is N#Cc1ccccc1-c1nc(N)c2nc(Cc3ncccc3-c3cnco3)nn2c1-c1ccncn1. The zero-order valence-electron chi connectivity index (χ0n) is 18.6. The number of nitrogens with two attached hydrogens (primary N) is 1. The fourth-order valence-corrected chi connectivity index (χ4v) is 4.01. The van der Waals surface area contributed by atoms with E-state index in [0.29, 0.717) is 51.9 Å². The number of hydrogen-bond acceptors (Lipinski definition) is 10. The molecule has 0 saturated heterocycles. The number of rotatable bonds is 5. The van der Waals surface area contributed by atoms with Crippen molar-refractivity contribution in [1.29, 1.82) is 5.26 Å². The number of pyridine rings is 1. The summed E-state index contributed by atoms with van der Waals surface area (Å²) in [4.78, 5) is 26.3. The van der Waals surface area contributed by atoms with Gasteiger partial charge in [-0.3, -0.25) is 4.98 Å². The van der Waals surface area contributed by atoms with Crippen molar-refractivity contribution in [3.05, 3.63) is 90.9 Å². The zero-order valence-corrected chi connectivity index (χ0v) is 18.6. The van der Waals surface area contributed by atoms with Gasteiger partial charge in [0.2, 0.25) is 0 Å². The first kappa shape index (κ1) is 21.1. The number of aromatic nitrogens is 8. The number of hydrogen-bond donors (Lipinski definition) is 1. The van der Waals surface area contributed by atoms with Crippen molar-refractivity contribution in [3.63, 3.8) is 0 Å². The third kappa shape index (κ3) is 3.59. The summed E-state index contributed by atoms with van der Waals surface area (Å²) in [6, 6.07) is 14.8. The summed E-state index contributed by atoms with van der Waals surface area (Å²) in [5.74, 6) is 1.25. The topological polar surface area (TPSA) is 158 Å². The van der Waals surface area contributed by atoms with Gasteiger partial charge in [-0.1, -0.05) is 18.2 Å². The molecule has 2 N–H and O–H groups in total. The van der Waals surface area contributed by atoms with E-state index in [2.05, 4.69) is 36.0 Å². The van der Waals surface area contributed by atoms with Crippen molar-refractivity contribution in [2.24, 2.45) is 0 Å². The van der Waals surface area contributed by atoms with E-state index in [-0.39, 0.29) is 5.82 Å². The summed E-state index contributed by atoms with van der Waals surface area (Å²) in [5.41, 5.74) is 10.9. The normalized spacial score (nSPS) is 11.0. The summed E-state index contributed by atoms with van der Waals surface area (Å²) in [5, 5.41) is 14.5. The monoisotopic (exact) mass is 472 g/mol. The van der Waals surface area contributed by atoms with Crippen molar-refractivity contribution in [2.75, 3.05) is 5.73 Å². The average molecular weight is 472 g/mol. The maximum absolute atomic E-state index is 9.71. The quantitative estimate of drug-likeness (QED) is 0.394. The first-order chi connectivity index (χ1) is 17.7. The Morgan fingerprint density at radius 1 is 0.972 bits per heavy atom. The van der Waals surface area contributed by atoms with Crippen molar-refractivity contribution in [2.45, 2.75) is 6.42 Å². The molecule has 0 unspecified atom stereocenters. The van der Waals surface area contributed by atoms with Crippen LogP contribution in [0.5, 0.6) is 0 Å². The Morgan fingerprint density at radius 2 is 1.86 bits per heavy atom. The Balaban J connectivity index is 1.56. The lowest BCUT2D eigenvalue weighted by Gasteiger charge is -2.12. The maximum atomic E-state index is 9.71. The van der Waals surface area contributed by atoms with E-state index in [1.54, 1.807) is 41.3 Å². The largest absolute Gasteiger partial charge is 0.443 e. The van der Waals surface area contributed by atoms with Crippen LogP contribution in [0.1, 0.15) is 17.1 Å². The molecule has 0 radical (unpaired) electrons. The van der Waals surface area contributed by atoms with Crippen LogP contribution >= 0.6 is 0 Å². The molecule has 36 heavy (non-hydrogen) atoms. The van der Waals surface area contributed by atoms with Gasteiger partial charge in [0.25, 0.3) is 0 Å². The van der Waals surface area contributed by atoms with Crippen LogP contribution in [0, 0.1) is 11.3 Å². The summed E-state index contributed by atoms with van der Waals surface area (Å²) >= 11 is 0. The van der Waals surface area contributed by atoms with E-state index in [4.69, 9.17) is 15.2 Å². The molecule has 0 atom stereocenters. The van der Waals surface area contributed by atoms with Gasteiger partial charge < -0.3 is 10.2 Å². The standard InChI is InChI=1S/C25H16N10O/c26-11-15-4-1-2-5-16(15)22-23(18-7-9-28-13-31-18)35-25(24(27)33-22)32-21(34-35)10-19-17(6-3-8-30-19)20-12-29-14-36-20/h1-9,12-14H,10H2,(H2,27,33). The number of fused-ring (bicyclic) bond motifs is 1.